The second kappa shape index (κ2) is 10.3. The van der Waals surface area contributed by atoms with E-state index >= 15 is 0 Å². The number of furan rings is 1. The first-order valence-corrected chi connectivity index (χ1v) is 11.2. The lowest BCUT2D eigenvalue weighted by molar-refractivity contribution is -0.133. The van der Waals surface area contributed by atoms with Crippen LogP contribution in [0.4, 0.5) is 0 Å². The van der Waals surface area contributed by atoms with Gasteiger partial charge in [-0.05, 0) is 37.1 Å². The fourth-order valence-corrected chi connectivity index (χ4v) is 4.16. The van der Waals surface area contributed by atoms with E-state index in [0.29, 0.717) is 43.3 Å². The topological polar surface area (TPSA) is 83.3 Å². The number of ether oxygens (including phenoxy) is 1. The number of carbonyl (C=O) groups excluding carboxylic acids is 3. The smallest absolute Gasteiger partial charge is 0.289 e. The van der Waals surface area contributed by atoms with Gasteiger partial charge in [0.2, 0.25) is 0 Å². The molecule has 0 bridgehead atoms. The van der Waals surface area contributed by atoms with Gasteiger partial charge in [-0.3, -0.25) is 14.4 Å². The molecule has 2 saturated heterocycles. The maximum absolute atomic E-state index is 13.1. The summed E-state index contributed by atoms with van der Waals surface area (Å²) in [6, 6.07) is 10.3. The third-order valence-corrected chi connectivity index (χ3v) is 6.01. The van der Waals surface area contributed by atoms with E-state index in [1.165, 1.54) is 6.26 Å². The van der Waals surface area contributed by atoms with Crippen molar-refractivity contribution in [3.63, 3.8) is 0 Å². The number of likely N-dealkylation sites (tertiary alicyclic amines) is 1. The van der Waals surface area contributed by atoms with Crippen molar-refractivity contribution >= 4 is 17.7 Å². The van der Waals surface area contributed by atoms with Gasteiger partial charge in [0.25, 0.3) is 17.7 Å². The molecule has 2 aromatic rings. The van der Waals surface area contributed by atoms with Crippen molar-refractivity contribution < 1.29 is 23.5 Å². The van der Waals surface area contributed by atoms with E-state index < -0.39 is 0 Å². The summed E-state index contributed by atoms with van der Waals surface area (Å²) >= 11 is 0. The van der Waals surface area contributed by atoms with Crippen LogP contribution in [0.15, 0.2) is 47.1 Å². The normalized spacial score (nSPS) is 17.1. The van der Waals surface area contributed by atoms with Crippen LogP contribution in [0, 0.1) is 0 Å². The predicted molar refractivity (Wildman–Crippen MR) is 118 cm³/mol. The Labute approximate surface area is 187 Å². The summed E-state index contributed by atoms with van der Waals surface area (Å²) in [5.74, 6) is 0.345. The third kappa shape index (κ3) is 5.12. The van der Waals surface area contributed by atoms with Gasteiger partial charge in [-0.1, -0.05) is 25.0 Å². The van der Waals surface area contributed by atoms with Gasteiger partial charge in [-0.25, -0.2) is 0 Å². The molecule has 8 nitrogen and oxygen atoms in total. The quantitative estimate of drug-likeness (QED) is 0.715. The van der Waals surface area contributed by atoms with E-state index in [9.17, 15) is 14.4 Å². The Balaban J connectivity index is 1.34. The Bertz CT molecular complexity index is 927. The number of para-hydroxylation sites is 1. The second-order valence-corrected chi connectivity index (χ2v) is 8.14. The van der Waals surface area contributed by atoms with Gasteiger partial charge in [0, 0.05) is 39.3 Å². The Morgan fingerprint density at radius 2 is 1.41 bits per heavy atom. The van der Waals surface area contributed by atoms with Crippen LogP contribution in [-0.4, -0.2) is 78.3 Å². The van der Waals surface area contributed by atoms with Crippen LogP contribution in [0.3, 0.4) is 0 Å². The zero-order valence-corrected chi connectivity index (χ0v) is 18.2. The number of amides is 3. The molecule has 0 aliphatic carbocycles. The molecule has 0 unspecified atom stereocenters. The van der Waals surface area contributed by atoms with Crippen molar-refractivity contribution in [2.45, 2.75) is 25.7 Å². The summed E-state index contributed by atoms with van der Waals surface area (Å²) in [5, 5.41) is 0. The number of hydrogen-bond acceptors (Lipinski definition) is 5. The van der Waals surface area contributed by atoms with E-state index in [1.54, 1.807) is 46.2 Å². The molecule has 2 aliphatic heterocycles. The molecule has 0 saturated carbocycles. The number of rotatable bonds is 5. The first-order chi connectivity index (χ1) is 15.6. The van der Waals surface area contributed by atoms with Crippen molar-refractivity contribution in [3.8, 4) is 5.75 Å². The highest BCUT2D eigenvalue weighted by Crippen LogP contribution is 2.21. The number of carbonyl (C=O) groups is 3. The van der Waals surface area contributed by atoms with Gasteiger partial charge < -0.3 is 23.9 Å². The molecular weight excluding hydrogens is 410 g/mol. The number of piperazine rings is 1. The van der Waals surface area contributed by atoms with E-state index in [-0.39, 0.29) is 24.3 Å². The first-order valence-electron chi connectivity index (χ1n) is 11.2. The molecule has 3 heterocycles. The van der Waals surface area contributed by atoms with Crippen molar-refractivity contribution in [1.82, 2.24) is 14.7 Å². The molecule has 2 fully saturated rings. The number of hydrogen-bond donors (Lipinski definition) is 0. The summed E-state index contributed by atoms with van der Waals surface area (Å²) in [6.07, 6.45) is 5.83. The van der Waals surface area contributed by atoms with Crippen LogP contribution in [-0.2, 0) is 4.79 Å². The largest absolute Gasteiger partial charge is 0.483 e. The molecule has 0 atom stereocenters. The average Bonchev–Trinajstić information content (AvgIpc) is 3.24. The molecule has 1 aromatic heterocycles. The molecule has 2 aliphatic rings. The summed E-state index contributed by atoms with van der Waals surface area (Å²) in [5.41, 5.74) is 0.432. The van der Waals surface area contributed by atoms with Crippen molar-refractivity contribution in [2.75, 3.05) is 45.9 Å². The van der Waals surface area contributed by atoms with E-state index in [1.807, 2.05) is 4.90 Å². The zero-order chi connectivity index (χ0) is 22.3. The monoisotopic (exact) mass is 439 g/mol. The molecule has 170 valence electrons. The lowest BCUT2D eigenvalue weighted by Crippen LogP contribution is -2.50. The van der Waals surface area contributed by atoms with Crippen LogP contribution < -0.4 is 4.74 Å². The molecule has 3 amide bonds. The highest BCUT2D eigenvalue weighted by Gasteiger charge is 2.28. The van der Waals surface area contributed by atoms with Crippen LogP contribution in [0.2, 0.25) is 0 Å². The summed E-state index contributed by atoms with van der Waals surface area (Å²) in [4.78, 5) is 43.4. The molecule has 0 radical (unpaired) electrons. The summed E-state index contributed by atoms with van der Waals surface area (Å²) in [6.45, 7) is 3.17. The Morgan fingerprint density at radius 1 is 0.750 bits per heavy atom. The van der Waals surface area contributed by atoms with E-state index in [4.69, 9.17) is 9.15 Å². The van der Waals surface area contributed by atoms with Crippen LogP contribution >= 0.6 is 0 Å². The fourth-order valence-electron chi connectivity index (χ4n) is 4.16. The van der Waals surface area contributed by atoms with Gasteiger partial charge in [0.15, 0.2) is 12.4 Å². The summed E-state index contributed by atoms with van der Waals surface area (Å²) in [7, 11) is 0. The minimum absolute atomic E-state index is 0.0424. The van der Waals surface area contributed by atoms with Crippen molar-refractivity contribution in [3.05, 3.63) is 54.0 Å². The van der Waals surface area contributed by atoms with Crippen molar-refractivity contribution in [2.24, 2.45) is 0 Å². The van der Waals surface area contributed by atoms with E-state index in [0.717, 1.165) is 38.8 Å². The molecule has 8 heteroatoms. The third-order valence-electron chi connectivity index (χ3n) is 6.01. The minimum Gasteiger partial charge on any atom is -0.483 e. The molecule has 0 spiro atoms. The zero-order valence-electron chi connectivity index (χ0n) is 18.2. The highest BCUT2D eigenvalue weighted by atomic mass is 16.5. The molecule has 0 N–H and O–H groups in total. The van der Waals surface area contributed by atoms with Crippen LogP contribution in [0.25, 0.3) is 0 Å². The maximum atomic E-state index is 13.1. The lowest BCUT2D eigenvalue weighted by Gasteiger charge is -2.34. The second-order valence-electron chi connectivity index (χ2n) is 8.14. The van der Waals surface area contributed by atoms with Crippen molar-refractivity contribution in [1.29, 1.82) is 0 Å². The number of nitrogens with zero attached hydrogens (tertiary/aromatic N) is 3. The maximum Gasteiger partial charge on any atom is 0.289 e. The Morgan fingerprint density at radius 3 is 2.06 bits per heavy atom. The summed E-state index contributed by atoms with van der Waals surface area (Å²) < 4.78 is 11.0. The van der Waals surface area contributed by atoms with Gasteiger partial charge >= 0.3 is 0 Å². The predicted octanol–water partition coefficient (Wildman–Crippen LogP) is 2.66. The SMILES string of the molecule is O=C(COc1ccccc1C(=O)N1CCN(C(=O)c2ccco2)CC1)N1CCCCCC1. The molecule has 32 heavy (non-hydrogen) atoms. The first kappa shape index (κ1) is 21.9. The fraction of sp³-hybridized carbons (Fsp3) is 0.458. The van der Waals surface area contributed by atoms with Gasteiger partial charge in [-0.2, -0.15) is 0 Å². The van der Waals surface area contributed by atoms with Crippen LogP contribution in [0.5, 0.6) is 5.75 Å². The minimum atomic E-state index is -0.169. The van der Waals surface area contributed by atoms with Gasteiger partial charge in [-0.15, -0.1) is 0 Å². The van der Waals surface area contributed by atoms with E-state index in [2.05, 4.69) is 0 Å². The van der Waals surface area contributed by atoms with Crippen LogP contribution in [0.1, 0.15) is 46.6 Å². The molecule has 1 aromatic carbocycles. The standard InChI is InChI=1S/C24H29N3O5/c28-22(25-11-5-1-2-6-12-25)18-32-20-9-4-3-8-19(20)23(29)26-13-15-27(16-14-26)24(30)21-10-7-17-31-21/h3-4,7-10,17H,1-2,5-6,11-16,18H2. The molecular formula is C24H29N3O5. The Kier molecular flexibility index (Phi) is 7.09. The average molecular weight is 440 g/mol. The van der Waals surface area contributed by atoms with Gasteiger partial charge in [0.05, 0.1) is 11.8 Å². The number of benzene rings is 1. The lowest BCUT2D eigenvalue weighted by atomic mass is 10.1. The molecule has 4 rings (SSSR count). The highest BCUT2D eigenvalue weighted by molar-refractivity contribution is 5.97. The van der Waals surface area contributed by atoms with Gasteiger partial charge in [0.1, 0.15) is 5.75 Å². The Hall–Kier alpha value is -3.29.